The van der Waals surface area contributed by atoms with Gasteiger partial charge in [-0.3, -0.25) is 10.1 Å². The third kappa shape index (κ3) is 4.41. The van der Waals surface area contributed by atoms with Crippen LogP contribution in [-0.4, -0.2) is 24.0 Å². The standard InChI is InChI=1S/C21H22N4O2/c1-14(2)12-27-20-10-6-4-8-16(20)19-11-18(25-21(22)23-13-26)15-7-3-5-9-17(15)24-19/h3-11,13-14H,12H2,1-2H3,(H3,22,23,24,25,26). The summed E-state index contributed by atoms with van der Waals surface area (Å²) in [6, 6.07) is 17.3. The van der Waals surface area contributed by atoms with Crippen LogP contribution in [0.4, 0.5) is 5.69 Å². The first-order valence-corrected chi connectivity index (χ1v) is 8.75. The minimum Gasteiger partial charge on any atom is -0.493 e. The molecule has 3 N–H and O–H groups in total. The number of nitrogens with one attached hydrogen (secondary N) is 1. The fraction of sp³-hybridized carbons (Fsp3) is 0.190. The fourth-order valence-corrected chi connectivity index (χ4v) is 2.67. The summed E-state index contributed by atoms with van der Waals surface area (Å²) in [4.78, 5) is 19.7. The second kappa shape index (κ2) is 8.31. The van der Waals surface area contributed by atoms with Crippen LogP contribution in [0.3, 0.4) is 0 Å². The van der Waals surface area contributed by atoms with Crippen LogP contribution in [0.25, 0.3) is 22.2 Å². The summed E-state index contributed by atoms with van der Waals surface area (Å²) in [6.07, 6.45) is 0.498. The maximum atomic E-state index is 10.6. The maximum absolute atomic E-state index is 10.6. The first-order chi connectivity index (χ1) is 13.1. The Hall–Kier alpha value is -3.41. The van der Waals surface area contributed by atoms with Crippen molar-refractivity contribution in [2.24, 2.45) is 16.6 Å². The molecule has 1 aromatic heterocycles. The summed E-state index contributed by atoms with van der Waals surface area (Å²) in [6.45, 7) is 4.82. The Labute approximate surface area is 158 Å². The van der Waals surface area contributed by atoms with Gasteiger partial charge in [-0.25, -0.2) is 9.98 Å². The number of fused-ring (bicyclic) bond motifs is 1. The van der Waals surface area contributed by atoms with E-state index in [1.54, 1.807) is 0 Å². The Balaban J connectivity index is 2.13. The molecule has 1 amide bonds. The number of aromatic nitrogens is 1. The van der Waals surface area contributed by atoms with Crippen LogP contribution >= 0.6 is 0 Å². The summed E-state index contributed by atoms with van der Waals surface area (Å²) in [7, 11) is 0. The van der Waals surface area contributed by atoms with Gasteiger partial charge in [0.2, 0.25) is 6.41 Å². The summed E-state index contributed by atoms with van der Waals surface area (Å²) >= 11 is 0. The summed E-state index contributed by atoms with van der Waals surface area (Å²) in [5.74, 6) is 1.21. The molecule has 0 unspecified atom stereocenters. The molecule has 0 aliphatic carbocycles. The van der Waals surface area contributed by atoms with Gasteiger partial charge in [0.1, 0.15) is 5.75 Å². The van der Waals surface area contributed by atoms with E-state index in [0.29, 0.717) is 24.6 Å². The van der Waals surface area contributed by atoms with Crippen molar-refractivity contribution in [3.05, 3.63) is 54.6 Å². The van der Waals surface area contributed by atoms with Crippen LogP contribution in [0.15, 0.2) is 59.6 Å². The number of hydrogen-bond acceptors (Lipinski definition) is 4. The van der Waals surface area contributed by atoms with E-state index < -0.39 is 0 Å². The average Bonchev–Trinajstić information content (AvgIpc) is 2.66. The van der Waals surface area contributed by atoms with Crippen LogP contribution in [-0.2, 0) is 4.79 Å². The van der Waals surface area contributed by atoms with Gasteiger partial charge in [-0.1, -0.05) is 44.2 Å². The molecule has 27 heavy (non-hydrogen) atoms. The van der Waals surface area contributed by atoms with Crippen molar-refractivity contribution >= 4 is 29.0 Å². The highest BCUT2D eigenvalue weighted by Crippen LogP contribution is 2.34. The van der Waals surface area contributed by atoms with Crippen molar-refractivity contribution in [1.82, 2.24) is 10.3 Å². The zero-order valence-electron chi connectivity index (χ0n) is 15.3. The Morgan fingerprint density at radius 3 is 2.74 bits per heavy atom. The summed E-state index contributed by atoms with van der Waals surface area (Å²) < 4.78 is 5.97. The lowest BCUT2D eigenvalue weighted by molar-refractivity contribution is -0.108. The molecule has 138 valence electrons. The molecule has 6 heteroatoms. The van der Waals surface area contributed by atoms with Gasteiger partial charge in [-0.2, -0.15) is 0 Å². The van der Waals surface area contributed by atoms with Crippen molar-refractivity contribution in [3.63, 3.8) is 0 Å². The van der Waals surface area contributed by atoms with Crippen molar-refractivity contribution in [2.75, 3.05) is 6.61 Å². The molecule has 0 radical (unpaired) electrons. The molecule has 1 heterocycles. The number of amides is 1. The average molecular weight is 362 g/mol. The molecule has 2 aromatic carbocycles. The van der Waals surface area contributed by atoms with E-state index in [-0.39, 0.29) is 5.96 Å². The topological polar surface area (TPSA) is 89.6 Å². The van der Waals surface area contributed by atoms with Crippen molar-refractivity contribution in [2.45, 2.75) is 13.8 Å². The molecule has 0 aliphatic heterocycles. The molecule has 0 fully saturated rings. The van der Waals surface area contributed by atoms with Gasteiger partial charge >= 0.3 is 0 Å². The summed E-state index contributed by atoms with van der Waals surface area (Å²) in [5.41, 5.74) is 8.78. The molecule has 0 atom stereocenters. The second-order valence-electron chi connectivity index (χ2n) is 6.50. The number of rotatable bonds is 6. The van der Waals surface area contributed by atoms with Gasteiger partial charge in [0.05, 0.1) is 23.5 Å². The van der Waals surface area contributed by atoms with E-state index >= 15 is 0 Å². The van der Waals surface area contributed by atoms with Crippen LogP contribution in [0.2, 0.25) is 0 Å². The number of nitrogens with two attached hydrogens (primary N) is 1. The number of carbonyl (C=O) groups excluding carboxylic acids is 1. The predicted molar refractivity (Wildman–Crippen MR) is 108 cm³/mol. The van der Waals surface area contributed by atoms with Gasteiger partial charge in [0.15, 0.2) is 5.96 Å². The Morgan fingerprint density at radius 2 is 1.96 bits per heavy atom. The van der Waals surface area contributed by atoms with Crippen molar-refractivity contribution < 1.29 is 9.53 Å². The second-order valence-corrected chi connectivity index (χ2v) is 6.50. The molecule has 0 aliphatic rings. The predicted octanol–water partition coefficient (Wildman–Crippen LogP) is 3.63. The molecule has 3 rings (SSSR count). The fourth-order valence-electron chi connectivity index (χ4n) is 2.67. The van der Waals surface area contributed by atoms with Gasteiger partial charge in [0.25, 0.3) is 0 Å². The lowest BCUT2D eigenvalue weighted by Crippen LogP contribution is -2.29. The lowest BCUT2D eigenvalue weighted by atomic mass is 10.1. The van der Waals surface area contributed by atoms with E-state index in [2.05, 4.69) is 24.2 Å². The number of nitrogens with zero attached hydrogens (tertiary/aromatic N) is 2. The van der Waals surface area contributed by atoms with Gasteiger partial charge < -0.3 is 10.5 Å². The van der Waals surface area contributed by atoms with Crippen LogP contribution in [0, 0.1) is 5.92 Å². The quantitative estimate of drug-likeness (QED) is 0.398. The van der Waals surface area contributed by atoms with Crippen molar-refractivity contribution in [1.29, 1.82) is 0 Å². The number of benzene rings is 2. The Bertz CT molecular complexity index is 983. The number of ether oxygens (including phenoxy) is 1. The van der Waals surface area contributed by atoms with Gasteiger partial charge in [-0.05, 0) is 30.2 Å². The Morgan fingerprint density at radius 1 is 1.22 bits per heavy atom. The number of pyridine rings is 1. The van der Waals surface area contributed by atoms with Crippen LogP contribution in [0.1, 0.15) is 13.8 Å². The number of guanidine groups is 1. The molecule has 0 spiro atoms. The van der Waals surface area contributed by atoms with E-state index in [9.17, 15) is 4.79 Å². The largest absolute Gasteiger partial charge is 0.493 e. The SMILES string of the molecule is CC(C)COc1ccccc1-c1cc(N=C(N)NC=O)c2ccccc2n1. The summed E-state index contributed by atoms with van der Waals surface area (Å²) in [5, 5.41) is 3.21. The zero-order valence-corrected chi connectivity index (χ0v) is 15.3. The molecule has 3 aromatic rings. The number of hydrogen-bond donors (Lipinski definition) is 2. The highest BCUT2D eigenvalue weighted by Gasteiger charge is 2.12. The minimum absolute atomic E-state index is 0.0247. The monoisotopic (exact) mass is 362 g/mol. The molecule has 0 bridgehead atoms. The molecular weight excluding hydrogens is 340 g/mol. The highest BCUT2D eigenvalue weighted by atomic mass is 16.5. The maximum Gasteiger partial charge on any atom is 0.213 e. The molecule has 6 nitrogen and oxygen atoms in total. The number of carbonyl (C=O) groups is 1. The molecule has 0 saturated carbocycles. The number of aliphatic imine (C=N–C) groups is 1. The number of para-hydroxylation sites is 2. The highest BCUT2D eigenvalue weighted by molar-refractivity contribution is 5.97. The normalized spacial score (nSPS) is 11.6. The van der Waals surface area contributed by atoms with E-state index in [4.69, 9.17) is 15.5 Å². The third-order valence-corrected chi connectivity index (χ3v) is 3.88. The van der Waals surface area contributed by atoms with E-state index in [0.717, 1.165) is 27.9 Å². The first-order valence-electron chi connectivity index (χ1n) is 8.75. The van der Waals surface area contributed by atoms with Crippen molar-refractivity contribution in [3.8, 4) is 17.0 Å². The van der Waals surface area contributed by atoms with E-state index in [1.165, 1.54) is 0 Å². The smallest absolute Gasteiger partial charge is 0.213 e. The van der Waals surface area contributed by atoms with Gasteiger partial charge in [0, 0.05) is 10.9 Å². The minimum atomic E-state index is 0.0247. The molecule has 0 saturated heterocycles. The van der Waals surface area contributed by atoms with Gasteiger partial charge in [-0.15, -0.1) is 0 Å². The Kier molecular flexibility index (Phi) is 5.66. The molecular formula is C21H22N4O2. The van der Waals surface area contributed by atoms with Crippen LogP contribution < -0.4 is 15.8 Å². The lowest BCUT2D eigenvalue weighted by Gasteiger charge is -2.14. The zero-order chi connectivity index (χ0) is 19.2. The van der Waals surface area contributed by atoms with E-state index in [1.807, 2.05) is 54.6 Å². The first kappa shape index (κ1) is 18.4. The van der Waals surface area contributed by atoms with Crippen LogP contribution in [0.5, 0.6) is 5.75 Å². The third-order valence-electron chi connectivity index (χ3n) is 3.88.